The van der Waals surface area contributed by atoms with Gasteiger partial charge in [0.15, 0.2) is 9.84 Å². The maximum Gasteiger partial charge on any atom is 0.407 e. The van der Waals surface area contributed by atoms with Gasteiger partial charge in [0.1, 0.15) is 0 Å². The van der Waals surface area contributed by atoms with Crippen LogP contribution in [0.15, 0.2) is 29.2 Å². The Bertz CT molecular complexity index is 858. The van der Waals surface area contributed by atoms with Gasteiger partial charge in [0.05, 0.1) is 4.90 Å². The van der Waals surface area contributed by atoms with Crippen molar-refractivity contribution in [1.82, 2.24) is 4.90 Å². The summed E-state index contributed by atoms with van der Waals surface area (Å²) >= 11 is 0. The van der Waals surface area contributed by atoms with E-state index in [2.05, 4.69) is 0 Å². The number of piperidine rings is 1. The summed E-state index contributed by atoms with van der Waals surface area (Å²) < 4.78 is 23.4. The quantitative estimate of drug-likeness (QED) is 0.824. The standard InChI is InChI=1S/C20H30N2O5S/c1-14(23)22(15-7-9-16(10-8-15)28(6,26)27)20(5)11-12-21(18(24)25)17(13-20)19(2,3)4/h7-10,17H,11-13H2,1-6H3,(H,24,25). The number of carbonyl (C=O) groups is 2. The van der Waals surface area contributed by atoms with E-state index in [1.54, 1.807) is 17.0 Å². The van der Waals surface area contributed by atoms with Gasteiger partial charge in [-0.1, -0.05) is 20.8 Å². The number of hydrogen-bond acceptors (Lipinski definition) is 4. The van der Waals surface area contributed by atoms with Gasteiger partial charge in [0.2, 0.25) is 5.91 Å². The summed E-state index contributed by atoms with van der Waals surface area (Å²) in [6.07, 6.45) is 1.19. The molecule has 0 aliphatic carbocycles. The summed E-state index contributed by atoms with van der Waals surface area (Å²) in [5.74, 6) is -0.161. The normalized spacial score (nSPS) is 23.4. The molecule has 1 aliphatic rings. The van der Waals surface area contributed by atoms with Crippen LogP contribution in [0, 0.1) is 5.41 Å². The molecule has 0 saturated carbocycles. The molecule has 1 aromatic rings. The van der Waals surface area contributed by atoms with Crippen LogP contribution in [0.1, 0.15) is 47.5 Å². The second kappa shape index (κ2) is 7.39. The number of carboxylic acid groups (broad SMARTS) is 1. The van der Waals surface area contributed by atoms with Crippen LogP contribution in [0.5, 0.6) is 0 Å². The Morgan fingerprint density at radius 2 is 1.75 bits per heavy atom. The number of sulfone groups is 1. The minimum absolute atomic E-state index is 0.161. The van der Waals surface area contributed by atoms with E-state index in [-0.39, 0.29) is 22.3 Å². The van der Waals surface area contributed by atoms with Gasteiger partial charge in [-0.3, -0.25) is 4.79 Å². The molecule has 2 amide bonds. The SMILES string of the molecule is CC(=O)N(c1ccc(S(C)(=O)=O)cc1)C1(C)CCN(C(=O)O)C(C(C)(C)C)C1. The topological polar surface area (TPSA) is 95.0 Å². The maximum atomic E-state index is 12.6. The molecule has 8 heteroatoms. The number of likely N-dealkylation sites (tertiary alicyclic amines) is 1. The molecule has 1 heterocycles. The van der Waals surface area contributed by atoms with E-state index in [1.165, 1.54) is 24.0 Å². The molecule has 1 aromatic carbocycles. The van der Waals surface area contributed by atoms with E-state index < -0.39 is 21.5 Å². The van der Waals surface area contributed by atoms with Crippen molar-refractivity contribution in [2.24, 2.45) is 5.41 Å². The highest BCUT2D eigenvalue weighted by molar-refractivity contribution is 7.90. The Kier molecular flexibility index (Phi) is 5.86. The molecule has 1 aliphatic heterocycles. The fourth-order valence-corrected chi connectivity index (χ4v) is 4.70. The maximum absolute atomic E-state index is 12.6. The van der Waals surface area contributed by atoms with Crippen molar-refractivity contribution in [3.05, 3.63) is 24.3 Å². The highest BCUT2D eigenvalue weighted by Crippen LogP contribution is 2.41. The van der Waals surface area contributed by atoms with Crippen LogP contribution in [0.25, 0.3) is 0 Å². The summed E-state index contributed by atoms with van der Waals surface area (Å²) in [5.41, 5.74) is -0.260. The third kappa shape index (κ3) is 4.48. The van der Waals surface area contributed by atoms with Crippen LogP contribution in [0.4, 0.5) is 10.5 Å². The minimum atomic E-state index is -3.33. The molecule has 7 nitrogen and oxygen atoms in total. The largest absolute Gasteiger partial charge is 0.465 e. The average Bonchev–Trinajstić information content (AvgIpc) is 2.52. The van der Waals surface area contributed by atoms with Gasteiger partial charge in [-0.25, -0.2) is 13.2 Å². The Morgan fingerprint density at radius 1 is 1.21 bits per heavy atom. The molecule has 2 atom stereocenters. The third-order valence-electron chi connectivity index (χ3n) is 5.52. The van der Waals surface area contributed by atoms with Gasteiger partial charge in [-0.05, 0) is 49.4 Å². The fraction of sp³-hybridized carbons (Fsp3) is 0.600. The zero-order valence-corrected chi connectivity index (χ0v) is 18.2. The van der Waals surface area contributed by atoms with E-state index >= 15 is 0 Å². The van der Waals surface area contributed by atoms with Gasteiger partial charge in [-0.2, -0.15) is 0 Å². The second-order valence-corrected chi connectivity index (χ2v) is 10.9. The van der Waals surface area contributed by atoms with Gasteiger partial charge < -0.3 is 14.9 Å². The Morgan fingerprint density at radius 3 is 2.14 bits per heavy atom. The van der Waals surface area contributed by atoms with Crippen molar-refractivity contribution in [2.75, 3.05) is 17.7 Å². The number of hydrogen-bond donors (Lipinski definition) is 1. The molecule has 2 unspecified atom stereocenters. The first kappa shape index (κ1) is 22.2. The van der Waals surface area contributed by atoms with Crippen LogP contribution in [-0.2, 0) is 14.6 Å². The Hall–Kier alpha value is -2.09. The Labute approximate surface area is 167 Å². The van der Waals surface area contributed by atoms with Crippen molar-refractivity contribution in [2.45, 2.75) is 63.9 Å². The van der Waals surface area contributed by atoms with Crippen molar-refractivity contribution in [1.29, 1.82) is 0 Å². The number of carbonyl (C=O) groups excluding carboxylic acids is 1. The van der Waals surface area contributed by atoms with Crippen LogP contribution in [0.2, 0.25) is 0 Å². The lowest BCUT2D eigenvalue weighted by molar-refractivity contribution is -0.118. The molecule has 156 valence electrons. The number of nitrogens with zero attached hydrogens (tertiary/aromatic N) is 2. The summed E-state index contributed by atoms with van der Waals surface area (Å²) in [6.45, 7) is 9.77. The number of benzene rings is 1. The van der Waals surface area contributed by atoms with E-state index in [4.69, 9.17) is 0 Å². The van der Waals surface area contributed by atoms with Crippen molar-refractivity contribution in [3.8, 4) is 0 Å². The molecule has 0 aromatic heterocycles. The molecular formula is C20H30N2O5S. The molecule has 1 saturated heterocycles. The Balaban J connectivity index is 2.45. The highest BCUT2D eigenvalue weighted by Gasteiger charge is 2.47. The molecule has 28 heavy (non-hydrogen) atoms. The third-order valence-corrected chi connectivity index (χ3v) is 6.65. The lowest BCUT2D eigenvalue weighted by atomic mass is 9.73. The summed E-state index contributed by atoms with van der Waals surface area (Å²) in [5, 5.41) is 9.60. The average molecular weight is 411 g/mol. The second-order valence-electron chi connectivity index (χ2n) is 8.93. The number of amides is 2. The van der Waals surface area contributed by atoms with E-state index in [9.17, 15) is 23.1 Å². The van der Waals surface area contributed by atoms with Crippen molar-refractivity contribution >= 4 is 27.5 Å². The molecule has 1 fully saturated rings. The van der Waals surface area contributed by atoms with Gasteiger partial charge in [0.25, 0.3) is 0 Å². The van der Waals surface area contributed by atoms with Gasteiger partial charge >= 0.3 is 6.09 Å². The first-order valence-corrected chi connectivity index (χ1v) is 11.2. The van der Waals surface area contributed by atoms with Crippen LogP contribution < -0.4 is 4.90 Å². The first-order valence-electron chi connectivity index (χ1n) is 9.27. The predicted molar refractivity (Wildman–Crippen MR) is 108 cm³/mol. The molecule has 1 N–H and O–H groups in total. The summed E-state index contributed by atoms with van der Waals surface area (Å²) in [7, 11) is -3.33. The minimum Gasteiger partial charge on any atom is -0.465 e. The molecule has 2 rings (SSSR count). The van der Waals surface area contributed by atoms with E-state index in [1.807, 2.05) is 27.7 Å². The molecule has 0 spiro atoms. The van der Waals surface area contributed by atoms with E-state index in [0.29, 0.717) is 25.1 Å². The molecule has 0 bridgehead atoms. The lowest BCUT2D eigenvalue weighted by Gasteiger charge is -2.52. The monoisotopic (exact) mass is 410 g/mol. The van der Waals surface area contributed by atoms with E-state index in [0.717, 1.165) is 6.26 Å². The highest BCUT2D eigenvalue weighted by atomic mass is 32.2. The van der Waals surface area contributed by atoms with Crippen LogP contribution in [0.3, 0.4) is 0 Å². The summed E-state index contributed by atoms with van der Waals surface area (Å²) in [6, 6.07) is 6.02. The molecular weight excluding hydrogens is 380 g/mol. The van der Waals surface area contributed by atoms with Crippen LogP contribution >= 0.6 is 0 Å². The number of anilines is 1. The number of rotatable bonds is 3. The van der Waals surface area contributed by atoms with Gasteiger partial charge in [-0.15, -0.1) is 0 Å². The smallest absolute Gasteiger partial charge is 0.407 e. The summed E-state index contributed by atoms with van der Waals surface area (Å²) in [4.78, 5) is 27.6. The van der Waals surface area contributed by atoms with Crippen molar-refractivity contribution in [3.63, 3.8) is 0 Å². The zero-order valence-electron chi connectivity index (χ0n) is 17.4. The zero-order chi connectivity index (χ0) is 21.5. The van der Waals surface area contributed by atoms with Gasteiger partial charge in [0, 0.05) is 37.0 Å². The molecule has 0 radical (unpaired) electrons. The lowest BCUT2D eigenvalue weighted by Crippen LogP contribution is -2.62. The first-order chi connectivity index (χ1) is 12.7. The van der Waals surface area contributed by atoms with Crippen molar-refractivity contribution < 1.29 is 23.1 Å². The van der Waals surface area contributed by atoms with Crippen LogP contribution in [-0.4, -0.2) is 54.8 Å². The fourth-order valence-electron chi connectivity index (χ4n) is 4.07. The predicted octanol–water partition coefficient (Wildman–Crippen LogP) is 3.39.